The SMILES string of the molecule is I.NC(=N[C@H]1C[C@@H]1C(F)F)Nc1ccccn1. The van der Waals surface area contributed by atoms with E-state index in [1.807, 2.05) is 0 Å². The number of pyridine rings is 1. The zero-order valence-electron chi connectivity index (χ0n) is 8.88. The molecule has 0 aromatic carbocycles. The number of nitrogens with one attached hydrogen (secondary N) is 1. The number of aliphatic imine (C=N–C) groups is 1. The van der Waals surface area contributed by atoms with Gasteiger partial charge in [-0.1, -0.05) is 6.07 Å². The number of rotatable bonds is 3. The van der Waals surface area contributed by atoms with Crippen LogP contribution in [0.25, 0.3) is 0 Å². The van der Waals surface area contributed by atoms with Gasteiger partial charge in [0.2, 0.25) is 6.43 Å². The van der Waals surface area contributed by atoms with Gasteiger partial charge in [-0.3, -0.25) is 0 Å². The van der Waals surface area contributed by atoms with Crippen LogP contribution in [0.5, 0.6) is 0 Å². The predicted molar refractivity (Wildman–Crippen MR) is 72.8 cm³/mol. The second kappa shape index (κ2) is 6.08. The highest BCUT2D eigenvalue weighted by Crippen LogP contribution is 2.38. The smallest absolute Gasteiger partial charge is 0.243 e. The Labute approximate surface area is 115 Å². The molecule has 0 amide bonds. The first-order valence-electron chi connectivity index (χ1n) is 4.96. The van der Waals surface area contributed by atoms with E-state index in [0.717, 1.165) is 0 Å². The minimum atomic E-state index is -2.31. The van der Waals surface area contributed by atoms with E-state index in [1.165, 1.54) is 0 Å². The van der Waals surface area contributed by atoms with Gasteiger partial charge in [-0.15, -0.1) is 24.0 Å². The summed E-state index contributed by atoms with van der Waals surface area (Å²) < 4.78 is 24.4. The summed E-state index contributed by atoms with van der Waals surface area (Å²) in [6, 6.07) is 4.93. The minimum Gasteiger partial charge on any atom is -0.370 e. The molecule has 2 atom stereocenters. The fraction of sp³-hybridized carbons (Fsp3) is 0.400. The van der Waals surface area contributed by atoms with Crippen LogP contribution >= 0.6 is 24.0 Å². The monoisotopic (exact) mass is 354 g/mol. The molecule has 17 heavy (non-hydrogen) atoms. The lowest BCUT2D eigenvalue weighted by Gasteiger charge is -2.03. The van der Waals surface area contributed by atoms with Crippen molar-refractivity contribution in [1.82, 2.24) is 4.98 Å². The summed E-state index contributed by atoms with van der Waals surface area (Å²) in [6.45, 7) is 0. The Hall–Kier alpha value is -0.990. The Morgan fingerprint density at radius 2 is 2.29 bits per heavy atom. The van der Waals surface area contributed by atoms with Crippen LogP contribution in [0.3, 0.4) is 0 Å². The van der Waals surface area contributed by atoms with Crippen LogP contribution < -0.4 is 11.1 Å². The number of nitrogens with zero attached hydrogens (tertiary/aromatic N) is 2. The molecule has 3 N–H and O–H groups in total. The Morgan fingerprint density at radius 1 is 1.53 bits per heavy atom. The van der Waals surface area contributed by atoms with Gasteiger partial charge in [-0.05, 0) is 18.6 Å². The van der Waals surface area contributed by atoms with Gasteiger partial charge in [-0.2, -0.15) is 0 Å². The van der Waals surface area contributed by atoms with Crippen molar-refractivity contribution in [1.29, 1.82) is 0 Å². The number of nitrogens with two attached hydrogens (primary N) is 1. The predicted octanol–water partition coefficient (Wildman–Crippen LogP) is 2.08. The second-order valence-corrected chi connectivity index (χ2v) is 3.66. The van der Waals surface area contributed by atoms with E-state index in [4.69, 9.17) is 5.73 Å². The summed E-state index contributed by atoms with van der Waals surface area (Å²) in [6.07, 6.45) is -0.298. The lowest BCUT2D eigenvalue weighted by atomic mass is 10.4. The van der Waals surface area contributed by atoms with Gasteiger partial charge >= 0.3 is 0 Å². The molecular weight excluding hydrogens is 341 g/mol. The Bertz CT molecular complexity index is 385. The fourth-order valence-corrected chi connectivity index (χ4v) is 1.40. The first kappa shape index (κ1) is 14.1. The zero-order chi connectivity index (χ0) is 11.5. The van der Waals surface area contributed by atoms with Gasteiger partial charge in [0.15, 0.2) is 5.96 Å². The van der Waals surface area contributed by atoms with E-state index < -0.39 is 12.3 Å². The Kier molecular flexibility index (Phi) is 5.03. The van der Waals surface area contributed by atoms with Gasteiger partial charge in [-0.25, -0.2) is 18.8 Å². The third-order valence-electron chi connectivity index (χ3n) is 2.35. The molecule has 1 heterocycles. The average Bonchev–Trinajstić information content (AvgIpc) is 2.98. The lowest BCUT2D eigenvalue weighted by Crippen LogP contribution is -2.24. The van der Waals surface area contributed by atoms with Crippen molar-refractivity contribution in [3.63, 3.8) is 0 Å². The van der Waals surface area contributed by atoms with Gasteiger partial charge in [0.25, 0.3) is 0 Å². The molecule has 1 fully saturated rings. The van der Waals surface area contributed by atoms with Gasteiger partial charge in [0, 0.05) is 12.1 Å². The quantitative estimate of drug-likeness (QED) is 0.496. The van der Waals surface area contributed by atoms with Gasteiger partial charge in [0.05, 0.1) is 6.04 Å². The molecule has 94 valence electrons. The number of alkyl halides is 2. The number of guanidine groups is 1. The summed E-state index contributed by atoms with van der Waals surface area (Å²) >= 11 is 0. The van der Waals surface area contributed by atoms with Crippen molar-refractivity contribution in [2.45, 2.75) is 18.9 Å². The largest absolute Gasteiger partial charge is 0.370 e. The van der Waals surface area contributed by atoms with Crippen molar-refractivity contribution in [3.8, 4) is 0 Å². The normalized spacial score (nSPS) is 23.1. The molecule has 1 aliphatic carbocycles. The minimum absolute atomic E-state index is 0. The molecule has 1 aromatic heterocycles. The molecule has 4 nitrogen and oxygen atoms in total. The molecular formula is C10H13F2IN4. The van der Waals surface area contributed by atoms with E-state index in [1.54, 1.807) is 24.4 Å². The highest BCUT2D eigenvalue weighted by molar-refractivity contribution is 14.0. The first-order chi connectivity index (χ1) is 7.66. The van der Waals surface area contributed by atoms with Crippen LogP contribution in [0, 0.1) is 5.92 Å². The molecule has 0 saturated heterocycles. The van der Waals surface area contributed by atoms with Crippen molar-refractivity contribution in [3.05, 3.63) is 24.4 Å². The highest BCUT2D eigenvalue weighted by atomic mass is 127. The third kappa shape index (κ3) is 4.06. The third-order valence-corrected chi connectivity index (χ3v) is 2.35. The Morgan fingerprint density at radius 3 is 2.82 bits per heavy atom. The standard InChI is InChI=1S/C10H12F2N4.HI/c11-9(12)6-5-7(6)15-10(13)16-8-3-1-2-4-14-8;/h1-4,6-7,9H,5H2,(H3,13,14,15,16);1H/t6-,7-;/m0./s1. The summed E-state index contributed by atoms with van der Waals surface area (Å²) in [4.78, 5) is 7.93. The van der Waals surface area contributed by atoms with E-state index >= 15 is 0 Å². The summed E-state index contributed by atoms with van der Waals surface area (Å²) in [7, 11) is 0. The maximum absolute atomic E-state index is 12.2. The number of aromatic nitrogens is 1. The van der Waals surface area contributed by atoms with Crippen LogP contribution in [0.4, 0.5) is 14.6 Å². The van der Waals surface area contributed by atoms with Gasteiger partial charge < -0.3 is 11.1 Å². The topological polar surface area (TPSA) is 63.3 Å². The van der Waals surface area contributed by atoms with Gasteiger partial charge in [0.1, 0.15) is 5.82 Å². The van der Waals surface area contributed by atoms with Crippen LogP contribution in [0.15, 0.2) is 29.4 Å². The van der Waals surface area contributed by atoms with Crippen LogP contribution in [0.1, 0.15) is 6.42 Å². The molecule has 0 radical (unpaired) electrons. The summed E-state index contributed by atoms with van der Waals surface area (Å²) in [5.41, 5.74) is 5.56. The van der Waals surface area contributed by atoms with Crippen LogP contribution in [0.2, 0.25) is 0 Å². The maximum atomic E-state index is 12.2. The number of halogens is 3. The van der Waals surface area contributed by atoms with E-state index in [9.17, 15) is 8.78 Å². The average molecular weight is 354 g/mol. The van der Waals surface area contributed by atoms with Crippen molar-refractivity contribution >= 4 is 35.8 Å². The number of anilines is 1. The van der Waals surface area contributed by atoms with Crippen LogP contribution in [-0.2, 0) is 0 Å². The molecule has 1 aromatic rings. The summed E-state index contributed by atoms with van der Waals surface area (Å²) in [5.74, 6) is 0.0499. The van der Waals surface area contributed by atoms with Crippen LogP contribution in [-0.4, -0.2) is 23.4 Å². The maximum Gasteiger partial charge on any atom is 0.243 e. The van der Waals surface area contributed by atoms with Crippen molar-refractivity contribution < 1.29 is 8.78 Å². The molecule has 0 bridgehead atoms. The molecule has 0 spiro atoms. The van der Waals surface area contributed by atoms with E-state index in [-0.39, 0.29) is 36.0 Å². The van der Waals surface area contributed by atoms with Crippen molar-refractivity contribution in [2.75, 3.05) is 5.32 Å². The molecule has 0 aliphatic heterocycles. The fourth-order valence-electron chi connectivity index (χ4n) is 1.40. The number of hydrogen-bond acceptors (Lipinski definition) is 2. The molecule has 7 heteroatoms. The highest BCUT2D eigenvalue weighted by Gasteiger charge is 2.44. The summed E-state index contributed by atoms with van der Waals surface area (Å²) in [5, 5.41) is 2.74. The Balaban J connectivity index is 0.00000144. The molecule has 2 rings (SSSR count). The zero-order valence-corrected chi connectivity index (χ0v) is 11.2. The molecule has 1 aliphatic rings. The van der Waals surface area contributed by atoms with E-state index in [2.05, 4.69) is 15.3 Å². The number of hydrogen-bond donors (Lipinski definition) is 2. The lowest BCUT2D eigenvalue weighted by molar-refractivity contribution is 0.121. The van der Waals surface area contributed by atoms with E-state index in [0.29, 0.717) is 12.2 Å². The molecule has 1 saturated carbocycles. The molecule has 0 unspecified atom stereocenters. The first-order valence-corrected chi connectivity index (χ1v) is 4.96. The second-order valence-electron chi connectivity index (χ2n) is 3.66. The van der Waals surface area contributed by atoms with Crippen molar-refractivity contribution in [2.24, 2.45) is 16.6 Å².